The van der Waals surface area contributed by atoms with E-state index >= 15 is 0 Å². The quantitative estimate of drug-likeness (QED) is 0.269. The second-order valence-electron chi connectivity index (χ2n) is 10.1. The molecule has 0 unspecified atom stereocenters. The largest absolute Gasteiger partial charge is 0.382 e. The number of amides is 1. The summed E-state index contributed by atoms with van der Waals surface area (Å²) >= 11 is 1.47. The van der Waals surface area contributed by atoms with Gasteiger partial charge in [-0.2, -0.15) is 8.42 Å². The number of carbonyl (C=O) groups is 1. The van der Waals surface area contributed by atoms with E-state index in [4.69, 9.17) is 4.18 Å². The maximum Gasteiger partial charge on any atom is 0.306 e. The van der Waals surface area contributed by atoms with Crippen LogP contribution in [0.4, 0.5) is 16.5 Å². The summed E-state index contributed by atoms with van der Waals surface area (Å²) in [4.78, 5) is 26.7. The Morgan fingerprint density at radius 2 is 1.90 bits per heavy atom. The van der Waals surface area contributed by atoms with E-state index in [1.54, 1.807) is 30.6 Å². The first-order valence-corrected chi connectivity index (χ1v) is 15.8. The Kier molecular flexibility index (Phi) is 8.64. The molecule has 2 aromatic heterocycles. The van der Waals surface area contributed by atoms with Crippen LogP contribution in [0.5, 0.6) is 5.75 Å². The lowest BCUT2D eigenvalue weighted by Gasteiger charge is -2.32. The highest BCUT2D eigenvalue weighted by molar-refractivity contribution is 7.86. The van der Waals surface area contributed by atoms with Gasteiger partial charge in [-0.25, -0.2) is 4.98 Å². The molecular weight excluding hydrogens is 560 g/mol. The Morgan fingerprint density at radius 1 is 1.10 bits per heavy atom. The smallest absolute Gasteiger partial charge is 0.306 e. The number of nitrogens with zero attached hydrogens (tertiary/aromatic N) is 4. The number of thiazole rings is 1. The standard InChI is InChI=1S/C29H32N6O4S2/c1-20-6-8-23(16-25(20)32-29-33-26(19-40-29)22-5-4-10-30-17-22)31-28(36)24-9-7-21(15-27(24)39-41(3,37)38)18-35-13-11-34(2)12-14-35/h4-10,15-17,19H,11-14,18H2,1-3H3,(H,31,36)(H,32,33). The first kappa shape index (κ1) is 28.7. The average molecular weight is 593 g/mol. The first-order chi connectivity index (χ1) is 19.6. The summed E-state index contributed by atoms with van der Waals surface area (Å²) in [6, 6.07) is 14.4. The van der Waals surface area contributed by atoms with Crippen LogP contribution in [-0.2, 0) is 16.7 Å². The molecule has 41 heavy (non-hydrogen) atoms. The van der Waals surface area contributed by atoms with Crippen molar-refractivity contribution in [2.45, 2.75) is 13.5 Å². The van der Waals surface area contributed by atoms with Gasteiger partial charge in [-0.3, -0.25) is 14.7 Å². The number of piperazine rings is 1. The maximum atomic E-state index is 13.3. The van der Waals surface area contributed by atoms with Crippen LogP contribution in [0.1, 0.15) is 21.5 Å². The molecular formula is C29H32N6O4S2. The second-order valence-corrected chi connectivity index (χ2v) is 12.5. The van der Waals surface area contributed by atoms with Crippen LogP contribution in [0.25, 0.3) is 11.3 Å². The molecule has 1 amide bonds. The molecule has 4 aromatic rings. The van der Waals surface area contributed by atoms with Crippen molar-refractivity contribution in [2.75, 3.05) is 50.1 Å². The molecule has 2 aromatic carbocycles. The molecule has 1 aliphatic heterocycles. The highest BCUT2D eigenvalue weighted by Crippen LogP contribution is 2.30. The van der Waals surface area contributed by atoms with Crippen molar-refractivity contribution in [1.82, 2.24) is 19.8 Å². The molecule has 1 fully saturated rings. The predicted octanol–water partition coefficient (Wildman–Crippen LogP) is 4.60. The van der Waals surface area contributed by atoms with Crippen LogP contribution in [0, 0.1) is 6.92 Å². The van der Waals surface area contributed by atoms with Crippen LogP contribution >= 0.6 is 11.3 Å². The van der Waals surface area contributed by atoms with Gasteiger partial charge in [0.2, 0.25) is 0 Å². The van der Waals surface area contributed by atoms with Crippen molar-refractivity contribution < 1.29 is 17.4 Å². The van der Waals surface area contributed by atoms with Crippen LogP contribution in [-0.4, -0.2) is 73.6 Å². The summed E-state index contributed by atoms with van der Waals surface area (Å²) < 4.78 is 29.3. The molecule has 12 heteroatoms. The fraction of sp³-hybridized carbons (Fsp3) is 0.276. The Hall–Kier alpha value is -3.84. The van der Waals surface area contributed by atoms with E-state index in [0.717, 1.165) is 60.5 Å². The van der Waals surface area contributed by atoms with Gasteiger partial charge >= 0.3 is 10.1 Å². The normalized spacial score (nSPS) is 14.5. The van der Waals surface area contributed by atoms with Gasteiger partial charge < -0.3 is 19.7 Å². The zero-order valence-corrected chi connectivity index (χ0v) is 24.8. The Balaban J connectivity index is 1.32. The van der Waals surface area contributed by atoms with Gasteiger partial charge in [0.05, 0.1) is 17.5 Å². The number of hydrogen-bond donors (Lipinski definition) is 2. The number of aromatic nitrogens is 2. The molecule has 5 rings (SSSR count). The zero-order valence-electron chi connectivity index (χ0n) is 23.1. The molecule has 0 spiro atoms. The minimum absolute atomic E-state index is 0.00723. The lowest BCUT2D eigenvalue weighted by atomic mass is 10.1. The van der Waals surface area contributed by atoms with Crippen molar-refractivity contribution in [1.29, 1.82) is 0 Å². The highest BCUT2D eigenvalue weighted by atomic mass is 32.2. The molecule has 0 bridgehead atoms. The lowest BCUT2D eigenvalue weighted by molar-refractivity contribution is 0.102. The summed E-state index contributed by atoms with van der Waals surface area (Å²) in [6.45, 7) is 6.36. The van der Waals surface area contributed by atoms with Crippen molar-refractivity contribution in [3.63, 3.8) is 0 Å². The van der Waals surface area contributed by atoms with Crippen molar-refractivity contribution in [2.24, 2.45) is 0 Å². The van der Waals surface area contributed by atoms with Crippen molar-refractivity contribution >= 4 is 43.9 Å². The number of hydrogen-bond acceptors (Lipinski definition) is 10. The molecule has 0 saturated carbocycles. The number of rotatable bonds is 9. The molecule has 1 saturated heterocycles. The van der Waals surface area contributed by atoms with E-state index in [2.05, 4.69) is 37.4 Å². The molecule has 0 aliphatic carbocycles. The third-order valence-corrected chi connectivity index (χ3v) is 7.97. The first-order valence-electron chi connectivity index (χ1n) is 13.1. The second kappa shape index (κ2) is 12.4. The Labute approximate surface area is 244 Å². The zero-order chi connectivity index (χ0) is 29.0. The molecule has 0 atom stereocenters. The van der Waals surface area contributed by atoms with E-state index in [0.29, 0.717) is 17.4 Å². The van der Waals surface area contributed by atoms with Crippen LogP contribution < -0.4 is 14.8 Å². The molecule has 2 N–H and O–H groups in total. The summed E-state index contributed by atoms with van der Waals surface area (Å²) in [7, 11) is -1.76. The number of anilines is 3. The van der Waals surface area contributed by atoms with Gasteiger partial charge in [0.1, 0.15) is 0 Å². The third kappa shape index (κ3) is 7.67. The number of carbonyl (C=O) groups excluding carboxylic acids is 1. The number of pyridine rings is 1. The molecule has 0 radical (unpaired) electrons. The third-order valence-electron chi connectivity index (χ3n) is 6.73. The fourth-order valence-electron chi connectivity index (χ4n) is 4.47. The van der Waals surface area contributed by atoms with Gasteiger partial charge in [-0.1, -0.05) is 12.1 Å². The van der Waals surface area contributed by atoms with E-state index in [1.165, 1.54) is 11.3 Å². The molecule has 1 aliphatic rings. The van der Waals surface area contributed by atoms with E-state index in [1.807, 2.05) is 42.6 Å². The molecule has 214 valence electrons. The Bertz CT molecular complexity index is 1630. The monoisotopic (exact) mass is 592 g/mol. The SMILES string of the molecule is Cc1ccc(NC(=O)c2ccc(CN3CCN(C)CC3)cc2OS(C)(=O)=O)cc1Nc1nc(-c2cccnc2)cs1. The topological polar surface area (TPSA) is 117 Å². The van der Waals surface area contributed by atoms with Gasteiger partial charge in [-0.05, 0) is 61.5 Å². The van der Waals surface area contributed by atoms with Crippen molar-refractivity contribution in [3.05, 3.63) is 83.0 Å². The van der Waals surface area contributed by atoms with E-state index in [9.17, 15) is 13.2 Å². The summed E-state index contributed by atoms with van der Waals surface area (Å²) in [6.07, 6.45) is 4.45. The Morgan fingerprint density at radius 3 is 2.63 bits per heavy atom. The maximum absolute atomic E-state index is 13.3. The number of nitrogens with one attached hydrogen (secondary N) is 2. The van der Waals surface area contributed by atoms with E-state index < -0.39 is 16.0 Å². The van der Waals surface area contributed by atoms with Crippen LogP contribution in [0.3, 0.4) is 0 Å². The van der Waals surface area contributed by atoms with E-state index in [-0.39, 0.29) is 11.3 Å². The summed E-state index contributed by atoms with van der Waals surface area (Å²) in [5, 5.41) is 8.87. The summed E-state index contributed by atoms with van der Waals surface area (Å²) in [5.41, 5.74) is 5.05. The van der Waals surface area contributed by atoms with Gasteiger partial charge in [0, 0.05) is 67.4 Å². The average Bonchev–Trinajstić information content (AvgIpc) is 3.40. The number of benzene rings is 2. The fourth-order valence-corrected chi connectivity index (χ4v) is 5.67. The highest BCUT2D eigenvalue weighted by Gasteiger charge is 2.20. The van der Waals surface area contributed by atoms with Crippen molar-refractivity contribution in [3.8, 4) is 17.0 Å². The minimum atomic E-state index is -3.85. The lowest BCUT2D eigenvalue weighted by Crippen LogP contribution is -2.43. The van der Waals surface area contributed by atoms with Gasteiger partial charge in [0.15, 0.2) is 10.9 Å². The van der Waals surface area contributed by atoms with Gasteiger partial charge in [0.25, 0.3) is 5.91 Å². The number of likely N-dealkylation sites (N-methyl/N-ethyl adjacent to an activating group) is 1. The molecule has 3 heterocycles. The minimum Gasteiger partial charge on any atom is -0.382 e. The van der Waals surface area contributed by atoms with Crippen LogP contribution in [0.15, 0.2) is 66.3 Å². The number of aryl methyl sites for hydroxylation is 1. The van der Waals surface area contributed by atoms with Crippen LogP contribution in [0.2, 0.25) is 0 Å². The summed E-state index contributed by atoms with van der Waals surface area (Å²) in [5.74, 6) is -0.467. The predicted molar refractivity (Wildman–Crippen MR) is 162 cm³/mol. The van der Waals surface area contributed by atoms with Gasteiger partial charge in [-0.15, -0.1) is 11.3 Å². The molecule has 10 nitrogen and oxygen atoms in total.